The maximum Gasteiger partial charge on any atom is 0.398 e. The molecular formula is C25H19F5O3. The summed E-state index contributed by atoms with van der Waals surface area (Å²) < 4.78 is 81.4. The minimum absolute atomic E-state index is 0.0146. The number of benzene rings is 2. The third kappa shape index (κ3) is 4.17. The molecule has 2 atom stereocenters. The number of rotatable bonds is 4. The highest BCUT2D eigenvalue weighted by molar-refractivity contribution is 5.96. The third-order valence-corrected chi connectivity index (χ3v) is 5.82. The molecule has 2 unspecified atom stereocenters. The van der Waals surface area contributed by atoms with Crippen molar-refractivity contribution in [1.29, 1.82) is 0 Å². The van der Waals surface area contributed by atoms with Crippen LogP contribution in [-0.2, 0) is 9.53 Å². The van der Waals surface area contributed by atoms with E-state index in [0.29, 0.717) is 5.56 Å². The molecule has 0 aromatic heterocycles. The molecule has 8 heteroatoms. The first-order chi connectivity index (χ1) is 15.5. The van der Waals surface area contributed by atoms with Gasteiger partial charge in [0.1, 0.15) is 18.1 Å². The molecule has 2 aromatic rings. The number of carbonyl (C=O) groups is 1. The fourth-order valence-electron chi connectivity index (χ4n) is 4.01. The van der Waals surface area contributed by atoms with Crippen LogP contribution in [0.2, 0.25) is 0 Å². The van der Waals surface area contributed by atoms with Crippen molar-refractivity contribution in [1.82, 2.24) is 0 Å². The highest BCUT2D eigenvalue weighted by Gasteiger charge is 2.58. The molecule has 0 fully saturated rings. The molecule has 3 nitrogen and oxygen atoms in total. The molecule has 0 bridgehead atoms. The van der Waals surface area contributed by atoms with Crippen LogP contribution in [-0.4, -0.2) is 18.8 Å². The lowest BCUT2D eigenvalue weighted by Gasteiger charge is -2.41. The van der Waals surface area contributed by atoms with Crippen LogP contribution in [0.15, 0.2) is 77.6 Å². The number of hydrogen-bond donors (Lipinski definition) is 0. The van der Waals surface area contributed by atoms with Gasteiger partial charge in [-0.25, -0.2) is 13.6 Å². The highest BCUT2D eigenvalue weighted by Crippen LogP contribution is 2.56. The molecule has 33 heavy (non-hydrogen) atoms. The topological polar surface area (TPSA) is 35.5 Å². The molecule has 1 aliphatic carbocycles. The zero-order valence-electron chi connectivity index (χ0n) is 17.7. The fourth-order valence-corrected chi connectivity index (χ4v) is 4.01. The highest BCUT2D eigenvalue weighted by atomic mass is 19.4. The van der Waals surface area contributed by atoms with Gasteiger partial charge < -0.3 is 9.47 Å². The van der Waals surface area contributed by atoms with E-state index in [0.717, 1.165) is 36.8 Å². The van der Waals surface area contributed by atoms with E-state index in [-0.39, 0.29) is 29.3 Å². The smallest absolute Gasteiger partial charge is 0.398 e. The Morgan fingerprint density at radius 2 is 1.76 bits per heavy atom. The lowest BCUT2D eigenvalue weighted by Crippen LogP contribution is -2.42. The Labute approximate surface area is 186 Å². The predicted molar refractivity (Wildman–Crippen MR) is 110 cm³/mol. The molecular weight excluding hydrogens is 443 g/mol. The molecule has 0 saturated heterocycles. The van der Waals surface area contributed by atoms with Crippen LogP contribution in [0.4, 0.5) is 22.0 Å². The lowest BCUT2D eigenvalue weighted by atomic mass is 9.67. The molecule has 0 radical (unpaired) electrons. The number of alkyl halides is 3. The maximum atomic E-state index is 14.6. The summed E-state index contributed by atoms with van der Waals surface area (Å²) >= 11 is 0. The first-order valence-electron chi connectivity index (χ1n) is 10.1. The number of hydrogen-bond acceptors (Lipinski definition) is 3. The van der Waals surface area contributed by atoms with Gasteiger partial charge in [-0.05, 0) is 49.3 Å². The van der Waals surface area contributed by atoms with Crippen molar-refractivity contribution in [3.05, 3.63) is 100 Å². The zero-order valence-corrected chi connectivity index (χ0v) is 17.7. The normalized spacial score (nSPS) is 22.9. The Balaban J connectivity index is 1.90. The monoisotopic (exact) mass is 462 g/mol. The number of aryl methyl sites for hydroxylation is 1. The van der Waals surface area contributed by atoms with Crippen molar-refractivity contribution in [3.8, 4) is 5.75 Å². The molecule has 1 heterocycles. The van der Waals surface area contributed by atoms with E-state index in [1.54, 1.807) is 31.2 Å². The van der Waals surface area contributed by atoms with Gasteiger partial charge in [0, 0.05) is 6.07 Å². The van der Waals surface area contributed by atoms with Crippen LogP contribution in [0.1, 0.15) is 24.0 Å². The molecule has 4 rings (SSSR count). The van der Waals surface area contributed by atoms with Gasteiger partial charge in [0.2, 0.25) is 0 Å². The summed E-state index contributed by atoms with van der Waals surface area (Å²) in [4.78, 5) is 12.1. The van der Waals surface area contributed by atoms with Crippen LogP contribution < -0.4 is 4.74 Å². The molecule has 172 valence electrons. The van der Waals surface area contributed by atoms with Gasteiger partial charge in [-0.1, -0.05) is 35.9 Å². The average molecular weight is 462 g/mol. The summed E-state index contributed by atoms with van der Waals surface area (Å²) in [5, 5.41) is 0. The van der Waals surface area contributed by atoms with E-state index in [2.05, 4.69) is 0 Å². The minimum Gasteiger partial charge on any atom is -0.461 e. The number of ether oxygens (including phenoxy) is 2. The summed E-state index contributed by atoms with van der Waals surface area (Å²) in [6, 6.07) is 9.19. The number of esters is 1. The molecule has 2 aliphatic rings. The van der Waals surface area contributed by atoms with Crippen molar-refractivity contribution in [2.75, 3.05) is 6.61 Å². The Hall–Kier alpha value is -3.42. The second kappa shape index (κ2) is 8.17. The number of allylic oxidation sites excluding steroid dienone is 3. The van der Waals surface area contributed by atoms with Crippen LogP contribution in [0, 0.1) is 24.0 Å². The Kier molecular flexibility index (Phi) is 5.64. The van der Waals surface area contributed by atoms with Crippen molar-refractivity contribution < 1.29 is 36.2 Å². The second-order valence-corrected chi connectivity index (χ2v) is 8.16. The Bertz CT molecular complexity index is 1190. The van der Waals surface area contributed by atoms with Gasteiger partial charge in [0.25, 0.3) is 0 Å². The summed E-state index contributed by atoms with van der Waals surface area (Å²) in [6.45, 7) is 2.77. The van der Waals surface area contributed by atoms with E-state index in [1.807, 2.05) is 0 Å². The van der Waals surface area contributed by atoms with Crippen LogP contribution in [0.5, 0.6) is 5.75 Å². The first-order valence-corrected chi connectivity index (χ1v) is 10.1. The van der Waals surface area contributed by atoms with Crippen molar-refractivity contribution >= 4 is 5.97 Å². The summed E-state index contributed by atoms with van der Waals surface area (Å²) in [5.74, 6) is -4.76. The van der Waals surface area contributed by atoms with Crippen molar-refractivity contribution in [2.24, 2.45) is 5.41 Å². The van der Waals surface area contributed by atoms with E-state index in [4.69, 9.17) is 9.47 Å². The zero-order chi connectivity index (χ0) is 24.0. The Morgan fingerprint density at radius 1 is 1.06 bits per heavy atom. The lowest BCUT2D eigenvalue weighted by molar-refractivity contribution is -0.207. The second-order valence-electron chi connectivity index (χ2n) is 8.16. The Morgan fingerprint density at radius 3 is 2.33 bits per heavy atom. The van der Waals surface area contributed by atoms with Gasteiger partial charge in [0.05, 0.1) is 16.9 Å². The molecule has 0 N–H and O–H groups in total. The fraction of sp³-hybridized carbons (Fsp3) is 0.240. The van der Waals surface area contributed by atoms with Gasteiger partial charge in [-0.3, -0.25) is 0 Å². The number of cyclic esters (lactones) is 1. The van der Waals surface area contributed by atoms with Crippen molar-refractivity contribution in [2.45, 2.75) is 25.9 Å². The summed E-state index contributed by atoms with van der Waals surface area (Å²) in [7, 11) is 0. The molecule has 2 aromatic carbocycles. The molecule has 1 aliphatic heterocycles. The van der Waals surface area contributed by atoms with Crippen LogP contribution in [0.3, 0.4) is 0 Å². The molecule has 0 spiro atoms. The van der Waals surface area contributed by atoms with Gasteiger partial charge in [-0.15, -0.1) is 0 Å². The summed E-state index contributed by atoms with van der Waals surface area (Å²) in [6.07, 6.45) is -1.04. The standard InChI is InChI=1S/C25H19F5O3/c1-14-3-5-15(6-4-14)22-21(33-17-7-8-19(26)20(27)12-17)11-16(18-9-10-32-23(18)31)13-24(22,2)25(28,29)30/h3-9,11-13,22H,10H2,1-2H3. The number of halogens is 5. The minimum atomic E-state index is -4.74. The largest absolute Gasteiger partial charge is 0.461 e. The van der Waals surface area contributed by atoms with Gasteiger partial charge in [0.15, 0.2) is 11.6 Å². The van der Waals surface area contributed by atoms with Gasteiger partial charge in [-0.2, -0.15) is 13.2 Å². The molecule has 0 saturated carbocycles. The van der Waals surface area contributed by atoms with Crippen LogP contribution in [0.25, 0.3) is 0 Å². The van der Waals surface area contributed by atoms with E-state index < -0.39 is 35.1 Å². The van der Waals surface area contributed by atoms with E-state index in [9.17, 15) is 26.7 Å². The van der Waals surface area contributed by atoms with E-state index >= 15 is 0 Å². The molecule has 0 amide bonds. The van der Waals surface area contributed by atoms with Crippen molar-refractivity contribution in [3.63, 3.8) is 0 Å². The predicted octanol–water partition coefficient (Wildman–Crippen LogP) is 6.31. The van der Waals surface area contributed by atoms with Gasteiger partial charge >= 0.3 is 12.1 Å². The maximum absolute atomic E-state index is 14.6. The van der Waals surface area contributed by atoms with E-state index in [1.165, 1.54) is 12.2 Å². The summed E-state index contributed by atoms with van der Waals surface area (Å²) in [5.41, 5.74) is -1.35. The quantitative estimate of drug-likeness (QED) is 0.395. The first kappa shape index (κ1) is 22.8. The van der Waals surface area contributed by atoms with Crippen LogP contribution >= 0.6 is 0 Å². The third-order valence-electron chi connectivity index (χ3n) is 5.82. The number of carbonyl (C=O) groups excluding carboxylic acids is 1. The average Bonchev–Trinajstić information content (AvgIpc) is 3.17. The SMILES string of the molecule is Cc1ccc(C2C(Oc3ccc(F)c(F)c3)=CC(C3=CCOC3=O)=CC2(C)C(F)(F)F)cc1.